The van der Waals surface area contributed by atoms with Crippen molar-refractivity contribution in [3.8, 4) is 5.75 Å². The number of Topliss-reactive ketones (excluding diaryl/α,β-unsaturated/α-hetero) is 1. The number of hydrogen-bond acceptors (Lipinski definition) is 4. The fourth-order valence-corrected chi connectivity index (χ4v) is 2.51. The molecular weight excluding hydrogens is 272 g/mol. The van der Waals surface area contributed by atoms with Crippen LogP contribution in [0.3, 0.4) is 0 Å². The summed E-state index contributed by atoms with van der Waals surface area (Å²) in [5.74, 6) is 0.758. The van der Waals surface area contributed by atoms with Gasteiger partial charge in [0.1, 0.15) is 0 Å². The van der Waals surface area contributed by atoms with E-state index in [-0.39, 0.29) is 11.1 Å². The van der Waals surface area contributed by atoms with Gasteiger partial charge in [-0.1, -0.05) is 0 Å². The monoisotopic (exact) mass is 287 g/mol. The van der Waals surface area contributed by atoms with E-state index < -0.39 is 14.1 Å². The number of carbonyl (C=O) groups excluding carboxylic acids is 3. The van der Waals surface area contributed by atoms with Crippen molar-refractivity contribution in [3.63, 3.8) is 0 Å². The summed E-state index contributed by atoms with van der Waals surface area (Å²) in [5.41, 5.74) is 1.04. The van der Waals surface area contributed by atoms with E-state index in [9.17, 15) is 14.4 Å². The van der Waals surface area contributed by atoms with Crippen molar-refractivity contribution in [2.24, 2.45) is 0 Å². The molecule has 5 heteroatoms. The van der Waals surface area contributed by atoms with Gasteiger partial charge in [-0.05, 0) is 0 Å². The molecule has 0 saturated heterocycles. The van der Waals surface area contributed by atoms with Gasteiger partial charge in [0.15, 0.2) is 0 Å². The van der Waals surface area contributed by atoms with Gasteiger partial charge in [-0.3, -0.25) is 0 Å². The van der Waals surface area contributed by atoms with Crippen LogP contribution in [0.1, 0.15) is 12.0 Å². The number of benzene rings is 1. The quantitative estimate of drug-likeness (QED) is 0.682. The minimum atomic E-state index is -1.99. The zero-order valence-corrected chi connectivity index (χ0v) is 11.4. The van der Waals surface area contributed by atoms with Gasteiger partial charge in [0.05, 0.1) is 0 Å². The summed E-state index contributed by atoms with van der Waals surface area (Å²) in [6, 6.07) is 7.49. The molecule has 0 aliphatic rings. The van der Waals surface area contributed by atoms with E-state index in [1.165, 1.54) is 0 Å². The number of rotatable bonds is 8. The van der Waals surface area contributed by atoms with Crippen LogP contribution in [-0.2, 0) is 35.0 Å². The Bertz CT molecular complexity index is 406. The molecule has 1 aromatic carbocycles. The molecule has 0 aliphatic carbocycles. The first kappa shape index (κ1) is 14.6. The molecule has 18 heavy (non-hydrogen) atoms. The molecular formula is C13H15CrO4. The standard InChI is InChI=1S/C11H13O2.2CHO.Cr/c1-9(12)3-4-10-5-7-11(13-2)8-6-10;2*1-2;/h5-8H,1,3-4H2,2H3;2*1H;. The average molecular weight is 287 g/mol. The zero-order valence-electron chi connectivity index (χ0n) is 10.1. The van der Waals surface area contributed by atoms with Crippen molar-refractivity contribution < 1.29 is 33.3 Å². The Balaban J connectivity index is 2.41. The molecule has 1 rings (SSSR count). The molecule has 0 fully saturated rings. The maximum atomic E-state index is 11.6. The third kappa shape index (κ3) is 4.82. The van der Waals surface area contributed by atoms with Crippen molar-refractivity contribution in [2.45, 2.75) is 18.1 Å². The van der Waals surface area contributed by atoms with Gasteiger partial charge in [-0.15, -0.1) is 0 Å². The molecule has 0 amide bonds. The Hall–Kier alpha value is -1.44. The molecule has 0 radical (unpaired) electrons. The Morgan fingerprint density at radius 1 is 1.22 bits per heavy atom. The van der Waals surface area contributed by atoms with Gasteiger partial charge < -0.3 is 0 Å². The minimum absolute atomic E-state index is 0.0185. The van der Waals surface area contributed by atoms with Crippen LogP contribution in [0.25, 0.3) is 0 Å². The van der Waals surface area contributed by atoms with E-state index in [0.717, 1.165) is 11.3 Å². The summed E-state index contributed by atoms with van der Waals surface area (Å²) in [4.78, 5) is 32.5. The van der Waals surface area contributed by atoms with E-state index in [1.807, 2.05) is 24.3 Å². The maximum absolute atomic E-state index is 11.6. The van der Waals surface area contributed by atoms with Crippen LogP contribution in [0, 0.1) is 0 Å². The van der Waals surface area contributed by atoms with Crippen LogP contribution in [0.5, 0.6) is 5.75 Å². The molecule has 0 aromatic heterocycles. The Morgan fingerprint density at radius 2 is 1.83 bits per heavy atom. The van der Waals surface area contributed by atoms with Gasteiger partial charge in [0.2, 0.25) is 0 Å². The summed E-state index contributed by atoms with van der Waals surface area (Å²) in [6.45, 7) is 0. The van der Waals surface area contributed by atoms with Crippen LogP contribution in [0.2, 0.25) is 5.28 Å². The Morgan fingerprint density at radius 3 is 2.33 bits per heavy atom. The van der Waals surface area contributed by atoms with Crippen molar-refractivity contribution in [1.29, 1.82) is 0 Å². The zero-order chi connectivity index (χ0) is 13.4. The second-order valence-corrected chi connectivity index (χ2v) is 6.21. The summed E-state index contributed by atoms with van der Waals surface area (Å²) in [6.07, 6.45) is 0.993. The molecule has 97 valence electrons. The average Bonchev–Trinajstić information content (AvgIpc) is 2.43. The van der Waals surface area contributed by atoms with Crippen LogP contribution in [-0.4, -0.2) is 23.2 Å². The fraction of sp³-hybridized carbons (Fsp3) is 0.308. The molecule has 0 spiro atoms. The normalized spacial score (nSPS) is 10.1. The number of carbonyl (C=O) groups is 3. The third-order valence-corrected chi connectivity index (χ3v) is 4.22. The van der Waals surface area contributed by atoms with Crippen molar-refractivity contribution in [3.05, 3.63) is 29.8 Å². The van der Waals surface area contributed by atoms with Crippen LogP contribution >= 0.6 is 0 Å². The Labute approximate surface area is 110 Å². The number of aryl methyl sites for hydroxylation is 1. The van der Waals surface area contributed by atoms with Crippen LogP contribution in [0.4, 0.5) is 0 Å². The predicted octanol–water partition coefficient (Wildman–Crippen LogP) is 1.61. The second kappa shape index (κ2) is 7.81. The first-order valence-electron chi connectivity index (χ1n) is 5.43. The van der Waals surface area contributed by atoms with Crippen molar-refractivity contribution in [1.82, 2.24) is 0 Å². The molecule has 0 atom stereocenters. The van der Waals surface area contributed by atoms with Crippen LogP contribution < -0.4 is 4.74 Å². The van der Waals surface area contributed by atoms with Gasteiger partial charge in [-0.2, -0.15) is 0 Å². The van der Waals surface area contributed by atoms with Gasteiger partial charge >= 0.3 is 110 Å². The SMILES string of the molecule is COc1ccc(CCC(=O)[CH2][Cr]([CH]=O)[CH]=O)cc1. The van der Waals surface area contributed by atoms with Crippen molar-refractivity contribution in [2.75, 3.05) is 7.11 Å². The van der Waals surface area contributed by atoms with E-state index in [2.05, 4.69) is 0 Å². The molecule has 0 unspecified atom stereocenters. The topological polar surface area (TPSA) is 60.4 Å². The van der Waals surface area contributed by atoms with Gasteiger partial charge in [-0.25, -0.2) is 0 Å². The number of ketones is 1. The summed E-state index contributed by atoms with van der Waals surface area (Å²) >= 11 is -1.99. The number of ether oxygens (including phenoxy) is 1. The molecule has 4 nitrogen and oxygen atoms in total. The van der Waals surface area contributed by atoms with E-state index in [0.29, 0.717) is 23.1 Å². The van der Waals surface area contributed by atoms with E-state index >= 15 is 0 Å². The molecule has 1 aromatic rings. The molecule has 0 bridgehead atoms. The fourth-order valence-electron chi connectivity index (χ4n) is 1.42. The first-order valence-corrected chi connectivity index (χ1v) is 7.80. The molecule has 0 N–H and O–H groups in total. The third-order valence-electron chi connectivity index (χ3n) is 2.43. The predicted molar refractivity (Wildman–Crippen MR) is 64.6 cm³/mol. The van der Waals surface area contributed by atoms with Crippen molar-refractivity contribution >= 4 is 16.1 Å². The summed E-state index contributed by atoms with van der Waals surface area (Å²) < 4.78 is 5.04. The van der Waals surface area contributed by atoms with Crippen LogP contribution in [0.15, 0.2) is 24.3 Å². The number of methoxy groups -OCH3 is 1. The number of hydrogen-bond donors (Lipinski definition) is 0. The summed E-state index contributed by atoms with van der Waals surface area (Å²) in [5, 5.41) is 1.40. The molecule has 0 heterocycles. The Kier molecular flexibility index (Phi) is 6.34. The van der Waals surface area contributed by atoms with E-state index in [4.69, 9.17) is 4.74 Å². The second-order valence-electron chi connectivity index (χ2n) is 3.69. The van der Waals surface area contributed by atoms with E-state index in [1.54, 1.807) is 7.11 Å². The molecule has 0 aliphatic heterocycles. The van der Waals surface area contributed by atoms with Gasteiger partial charge in [0.25, 0.3) is 0 Å². The summed E-state index contributed by atoms with van der Waals surface area (Å²) in [7, 11) is 1.60. The van der Waals surface area contributed by atoms with Gasteiger partial charge in [0, 0.05) is 0 Å². The first-order chi connectivity index (χ1) is 8.69. The molecule has 0 saturated carbocycles.